The van der Waals surface area contributed by atoms with Crippen molar-refractivity contribution < 1.29 is 5.11 Å². The first kappa shape index (κ1) is 9.07. The van der Waals surface area contributed by atoms with Crippen LogP contribution in [-0.2, 0) is 6.54 Å². The lowest BCUT2D eigenvalue weighted by molar-refractivity contribution is -0.269. The van der Waals surface area contributed by atoms with E-state index in [1.165, 1.54) is 0 Å². The van der Waals surface area contributed by atoms with Crippen molar-refractivity contribution in [3.63, 3.8) is 0 Å². The van der Waals surface area contributed by atoms with Gasteiger partial charge in [-0.1, -0.05) is 23.8 Å². The standard InChI is InChI=1S/C10H15NO/c1-8-4-5-10(12)9(6-8)7-11(2)3/h4-6,12H,7H2,1-3H3/p-1. The van der Waals surface area contributed by atoms with Gasteiger partial charge in [0.1, 0.15) is 0 Å². The summed E-state index contributed by atoms with van der Waals surface area (Å²) < 4.78 is 0. The highest BCUT2D eigenvalue weighted by Gasteiger charge is 1.96. The monoisotopic (exact) mass is 164 g/mol. The summed E-state index contributed by atoms with van der Waals surface area (Å²) in [6, 6.07) is 5.43. The van der Waals surface area contributed by atoms with Gasteiger partial charge in [-0.25, -0.2) is 0 Å². The van der Waals surface area contributed by atoms with Crippen LogP contribution in [0.3, 0.4) is 0 Å². The number of hydrogen-bond donors (Lipinski definition) is 0. The van der Waals surface area contributed by atoms with Crippen LogP contribution in [0.25, 0.3) is 0 Å². The zero-order valence-corrected chi connectivity index (χ0v) is 7.79. The lowest BCUT2D eigenvalue weighted by Gasteiger charge is -2.17. The Hall–Kier alpha value is -1.02. The number of aryl methyl sites for hydroxylation is 1. The number of rotatable bonds is 2. The van der Waals surface area contributed by atoms with Crippen LogP contribution in [0.2, 0.25) is 0 Å². The molecule has 2 heteroatoms. The molecule has 1 aromatic carbocycles. The molecule has 12 heavy (non-hydrogen) atoms. The van der Waals surface area contributed by atoms with Gasteiger partial charge in [-0.3, -0.25) is 0 Å². The average Bonchev–Trinajstić information content (AvgIpc) is 1.96. The predicted molar refractivity (Wildman–Crippen MR) is 48.0 cm³/mol. The largest absolute Gasteiger partial charge is 0.872 e. The molecule has 0 N–H and O–H groups in total. The summed E-state index contributed by atoms with van der Waals surface area (Å²) in [5.74, 6) is 0.134. The third-order valence-electron chi connectivity index (χ3n) is 1.70. The molecule has 1 aromatic rings. The van der Waals surface area contributed by atoms with Crippen molar-refractivity contribution in [2.75, 3.05) is 14.1 Å². The van der Waals surface area contributed by atoms with Gasteiger partial charge in [0.2, 0.25) is 0 Å². The maximum atomic E-state index is 11.3. The van der Waals surface area contributed by atoms with E-state index in [9.17, 15) is 5.11 Å². The Balaban J connectivity index is 2.90. The first-order valence-corrected chi connectivity index (χ1v) is 4.01. The van der Waals surface area contributed by atoms with E-state index < -0.39 is 0 Å². The van der Waals surface area contributed by atoms with Crippen molar-refractivity contribution in [3.05, 3.63) is 29.3 Å². The van der Waals surface area contributed by atoms with E-state index in [0.717, 1.165) is 17.7 Å². The van der Waals surface area contributed by atoms with E-state index in [-0.39, 0.29) is 5.75 Å². The van der Waals surface area contributed by atoms with Gasteiger partial charge in [-0.05, 0) is 26.6 Å². The van der Waals surface area contributed by atoms with Crippen molar-refractivity contribution in [1.29, 1.82) is 0 Å². The summed E-state index contributed by atoms with van der Waals surface area (Å²) >= 11 is 0. The number of benzene rings is 1. The summed E-state index contributed by atoms with van der Waals surface area (Å²) in [5, 5.41) is 11.3. The molecule has 0 fully saturated rings. The fourth-order valence-electron chi connectivity index (χ4n) is 1.17. The Morgan fingerprint density at radius 1 is 1.33 bits per heavy atom. The van der Waals surface area contributed by atoms with Gasteiger partial charge in [0.05, 0.1) is 0 Å². The smallest absolute Gasteiger partial charge is 0.0221 e. The van der Waals surface area contributed by atoms with Crippen LogP contribution in [0.1, 0.15) is 11.1 Å². The van der Waals surface area contributed by atoms with Crippen molar-refractivity contribution >= 4 is 0 Å². The van der Waals surface area contributed by atoms with Gasteiger partial charge in [0, 0.05) is 6.54 Å². The quantitative estimate of drug-likeness (QED) is 0.655. The van der Waals surface area contributed by atoms with E-state index in [0.29, 0.717) is 0 Å². The first-order chi connectivity index (χ1) is 5.59. The van der Waals surface area contributed by atoms with Gasteiger partial charge in [-0.15, -0.1) is 5.75 Å². The predicted octanol–water partition coefficient (Wildman–Crippen LogP) is 1.13. The number of nitrogens with zero attached hydrogens (tertiary/aromatic N) is 1. The van der Waals surface area contributed by atoms with Gasteiger partial charge < -0.3 is 10.0 Å². The van der Waals surface area contributed by atoms with Crippen LogP contribution in [0, 0.1) is 6.92 Å². The lowest BCUT2D eigenvalue weighted by Crippen LogP contribution is -2.12. The van der Waals surface area contributed by atoms with E-state index in [4.69, 9.17) is 0 Å². The molecular formula is C10H14NO-. The Morgan fingerprint density at radius 3 is 2.58 bits per heavy atom. The second-order valence-electron chi connectivity index (χ2n) is 3.35. The molecule has 0 heterocycles. The first-order valence-electron chi connectivity index (χ1n) is 4.01. The Bertz CT molecular complexity index is 269. The van der Waals surface area contributed by atoms with Gasteiger partial charge in [0.25, 0.3) is 0 Å². The topological polar surface area (TPSA) is 26.3 Å². The molecule has 0 amide bonds. The third-order valence-corrected chi connectivity index (χ3v) is 1.70. The fraction of sp³-hybridized carbons (Fsp3) is 0.400. The Labute approximate surface area is 73.4 Å². The van der Waals surface area contributed by atoms with Crippen molar-refractivity contribution in [1.82, 2.24) is 4.90 Å². The van der Waals surface area contributed by atoms with Crippen LogP contribution in [0.4, 0.5) is 0 Å². The maximum absolute atomic E-state index is 11.3. The molecule has 1 rings (SSSR count). The summed E-state index contributed by atoms with van der Waals surface area (Å²) in [5.41, 5.74) is 2.02. The molecule has 0 spiro atoms. The normalized spacial score (nSPS) is 10.7. The number of hydrogen-bond acceptors (Lipinski definition) is 2. The minimum atomic E-state index is 0.134. The summed E-state index contributed by atoms with van der Waals surface area (Å²) in [4.78, 5) is 2.00. The summed E-state index contributed by atoms with van der Waals surface area (Å²) in [6.07, 6.45) is 0. The van der Waals surface area contributed by atoms with Crippen LogP contribution in [0.5, 0.6) is 5.75 Å². The summed E-state index contributed by atoms with van der Waals surface area (Å²) in [7, 11) is 3.92. The van der Waals surface area contributed by atoms with E-state index in [1.807, 2.05) is 38.1 Å². The minimum absolute atomic E-state index is 0.134. The minimum Gasteiger partial charge on any atom is -0.872 e. The Morgan fingerprint density at radius 2 is 2.00 bits per heavy atom. The van der Waals surface area contributed by atoms with Gasteiger partial charge in [-0.2, -0.15) is 0 Å². The maximum Gasteiger partial charge on any atom is 0.0221 e. The van der Waals surface area contributed by atoms with Crippen LogP contribution < -0.4 is 5.11 Å². The van der Waals surface area contributed by atoms with E-state index in [1.54, 1.807) is 6.07 Å². The Kier molecular flexibility index (Phi) is 2.71. The zero-order chi connectivity index (χ0) is 9.14. The molecule has 0 radical (unpaired) electrons. The molecule has 0 aliphatic heterocycles. The van der Waals surface area contributed by atoms with Crippen molar-refractivity contribution in [3.8, 4) is 5.75 Å². The van der Waals surface area contributed by atoms with Crippen LogP contribution >= 0.6 is 0 Å². The molecule has 0 saturated heterocycles. The van der Waals surface area contributed by atoms with E-state index >= 15 is 0 Å². The lowest BCUT2D eigenvalue weighted by atomic mass is 10.1. The highest BCUT2D eigenvalue weighted by Crippen LogP contribution is 2.16. The molecular weight excluding hydrogens is 150 g/mol. The van der Waals surface area contributed by atoms with Crippen molar-refractivity contribution in [2.45, 2.75) is 13.5 Å². The second-order valence-corrected chi connectivity index (χ2v) is 3.35. The van der Waals surface area contributed by atoms with Crippen LogP contribution in [0.15, 0.2) is 18.2 Å². The molecule has 66 valence electrons. The third kappa shape index (κ3) is 2.24. The van der Waals surface area contributed by atoms with E-state index in [2.05, 4.69) is 0 Å². The molecule has 0 unspecified atom stereocenters. The second kappa shape index (κ2) is 3.59. The fourth-order valence-corrected chi connectivity index (χ4v) is 1.17. The molecule has 0 aliphatic rings. The van der Waals surface area contributed by atoms with Gasteiger partial charge >= 0.3 is 0 Å². The zero-order valence-electron chi connectivity index (χ0n) is 7.79. The molecule has 0 aromatic heterocycles. The highest BCUT2D eigenvalue weighted by molar-refractivity contribution is 5.34. The average molecular weight is 164 g/mol. The van der Waals surface area contributed by atoms with Gasteiger partial charge in [0.15, 0.2) is 0 Å². The molecule has 0 aliphatic carbocycles. The van der Waals surface area contributed by atoms with Crippen LogP contribution in [-0.4, -0.2) is 19.0 Å². The highest BCUT2D eigenvalue weighted by atomic mass is 16.3. The molecule has 2 nitrogen and oxygen atoms in total. The molecule has 0 bridgehead atoms. The van der Waals surface area contributed by atoms with Crippen molar-refractivity contribution in [2.24, 2.45) is 0 Å². The molecule has 0 atom stereocenters. The SMILES string of the molecule is Cc1ccc([O-])c(CN(C)C)c1. The molecule has 0 saturated carbocycles. The summed E-state index contributed by atoms with van der Waals surface area (Å²) in [6.45, 7) is 2.72.